The number of likely N-dealkylation sites (N-methyl/N-ethyl adjacent to an activating group) is 1. The van der Waals surface area contributed by atoms with E-state index in [1.165, 1.54) is 12.8 Å². The minimum Gasteiger partial charge on any atom is -0.370 e. The van der Waals surface area contributed by atoms with Crippen LogP contribution in [0.5, 0.6) is 0 Å². The fourth-order valence-electron chi connectivity index (χ4n) is 3.02. The molecule has 0 spiro atoms. The van der Waals surface area contributed by atoms with Gasteiger partial charge in [0.25, 0.3) is 0 Å². The van der Waals surface area contributed by atoms with E-state index in [1.54, 1.807) is 0 Å². The van der Waals surface area contributed by atoms with Crippen molar-refractivity contribution in [2.24, 2.45) is 11.8 Å². The number of ether oxygens (including phenoxy) is 1. The average molecular weight is 295 g/mol. The van der Waals surface area contributed by atoms with E-state index in [4.69, 9.17) is 9.26 Å². The van der Waals surface area contributed by atoms with E-state index in [9.17, 15) is 0 Å². The number of rotatable bonds is 9. The highest BCUT2D eigenvalue weighted by Gasteiger charge is 2.37. The van der Waals surface area contributed by atoms with Gasteiger partial charge < -0.3 is 14.6 Å². The van der Waals surface area contributed by atoms with Gasteiger partial charge in [0.1, 0.15) is 6.10 Å². The molecule has 1 aliphatic rings. The van der Waals surface area contributed by atoms with Crippen molar-refractivity contribution in [2.75, 3.05) is 13.2 Å². The van der Waals surface area contributed by atoms with E-state index in [1.807, 2.05) is 6.92 Å². The van der Waals surface area contributed by atoms with E-state index in [0.717, 1.165) is 18.3 Å². The number of hydrogen-bond donors (Lipinski definition) is 1. The van der Waals surface area contributed by atoms with Crippen LogP contribution in [0.25, 0.3) is 0 Å². The van der Waals surface area contributed by atoms with E-state index < -0.39 is 0 Å². The van der Waals surface area contributed by atoms with Crippen LogP contribution in [0.1, 0.15) is 71.2 Å². The van der Waals surface area contributed by atoms with E-state index >= 15 is 0 Å². The number of aromatic nitrogens is 2. The zero-order valence-corrected chi connectivity index (χ0v) is 13.9. The Labute approximate surface area is 127 Å². The van der Waals surface area contributed by atoms with Crippen LogP contribution in [0.3, 0.4) is 0 Å². The van der Waals surface area contributed by atoms with Gasteiger partial charge in [0.05, 0.1) is 5.92 Å². The van der Waals surface area contributed by atoms with Crippen LogP contribution in [0.4, 0.5) is 0 Å². The Morgan fingerprint density at radius 3 is 2.52 bits per heavy atom. The topological polar surface area (TPSA) is 60.2 Å². The van der Waals surface area contributed by atoms with Gasteiger partial charge in [-0.1, -0.05) is 25.9 Å². The Morgan fingerprint density at radius 2 is 2.00 bits per heavy atom. The highest BCUT2D eigenvalue weighted by Crippen LogP contribution is 2.42. The second-order valence-electron chi connectivity index (χ2n) is 6.32. The number of hydrogen-bond acceptors (Lipinski definition) is 5. The fraction of sp³-hybridized carbons (Fsp3) is 0.875. The molecule has 120 valence electrons. The summed E-state index contributed by atoms with van der Waals surface area (Å²) in [7, 11) is 0. The average Bonchev–Trinajstić information content (AvgIpc) is 3.15. The van der Waals surface area contributed by atoms with Gasteiger partial charge >= 0.3 is 0 Å². The summed E-state index contributed by atoms with van der Waals surface area (Å²) in [6.45, 7) is 12.3. The Bertz CT molecular complexity index is 429. The summed E-state index contributed by atoms with van der Waals surface area (Å²) in [6.07, 6.45) is 2.42. The monoisotopic (exact) mass is 295 g/mol. The van der Waals surface area contributed by atoms with Gasteiger partial charge in [-0.25, -0.2) is 0 Å². The maximum Gasteiger partial charge on any atom is 0.231 e. The van der Waals surface area contributed by atoms with Gasteiger partial charge in [-0.3, -0.25) is 0 Å². The van der Waals surface area contributed by atoms with Gasteiger partial charge in [0.2, 0.25) is 11.7 Å². The summed E-state index contributed by atoms with van der Waals surface area (Å²) < 4.78 is 11.4. The summed E-state index contributed by atoms with van der Waals surface area (Å²) in [5, 5.41) is 7.67. The van der Waals surface area contributed by atoms with Crippen molar-refractivity contribution >= 4 is 0 Å². The molecular weight excluding hydrogens is 266 g/mol. The second kappa shape index (κ2) is 7.36. The predicted octanol–water partition coefficient (Wildman–Crippen LogP) is 3.29. The van der Waals surface area contributed by atoms with Crippen molar-refractivity contribution in [2.45, 2.75) is 65.5 Å². The van der Waals surface area contributed by atoms with Crippen molar-refractivity contribution in [1.29, 1.82) is 0 Å². The molecule has 5 heteroatoms. The first-order chi connectivity index (χ1) is 10.1. The summed E-state index contributed by atoms with van der Waals surface area (Å²) in [5.41, 5.74) is 0. The van der Waals surface area contributed by atoms with Gasteiger partial charge in [-0.15, -0.1) is 0 Å². The molecule has 5 nitrogen and oxygen atoms in total. The van der Waals surface area contributed by atoms with Crippen molar-refractivity contribution in [3.8, 4) is 0 Å². The molecule has 2 rings (SSSR count). The molecule has 0 aromatic carbocycles. The molecule has 3 unspecified atom stereocenters. The first-order valence-corrected chi connectivity index (χ1v) is 8.26. The molecule has 0 aliphatic heterocycles. The van der Waals surface area contributed by atoms with Crippen LogP contribution >= 0.6 is 0 Å². The lowest BCUT2D eigenvalue weighted by Crippen LogP contribution is -2.34. The van der Waals surface area contributed by atoms with Crippen molar-refractivity contribution in [3.05, 3.63) is 11.7 Å². The molecule has 1 aromatic heterocycles. The molecule has 0 radical (unpaired) electrons. The Hall–Kier alpha value is -0.940. The van der Waals surface area contributed by atoms with Crippen molar-refractivity contribution in [3.63, 3.8) is 0 Å². The van der Waals surface area contributed by atoms with E-state index in [2.05, 4.69) is 43.2 Å². The zero-order valence-electron chi connectivity index (χ0n) is 13.9. The summed E-state index contributed by atoms with van der Waals surface area (Å²) >= 11 is 0. The lowest BCUT2D eigenvalue weighted by Gasteiger charge is -2.24. The quantitative estimate of drug-likeness (QED) is 0.757. The van der Waals surface area contributed by atoms with Crippen LogP contribution in [0.2, 0.25) is 0 Å². The molecule has 1 aromatic rings. The molecule has 1 heterocycles. The summed E-state index contributed by atoms with van der Waals surface area (Å²) in [6, 6.07) is 0.315. The first kappa shape index (κ1) is 16.4. The maximum atomic E-state index is 5.81. The summed E-state index contributed by atoms with van der Waals surface area (Å²) in [4.78, 5) is 4.67. The third-order valence-corrected chi connectivity index (χ3v) is 4.18. The molecule has 1 saturated carbocycles. The van der Waals surface area contributed by atoms with Crippen LogP contribution in [-0.4, -0.2) is 29.3 Å². The lowest BCUT2D eigenvalue weighted by atomic mass is 9.89. The van der Waals surface area contributed by atoms with Crippen molar-refractivity contribution < 1.29 is 9.26 Å². The van der Waals surface area contributed by atoms with Gasteiger partial charge in [-0.05, 0) is 45.1 Å². The third kappa shape index (κ3) is 4.04. The minimum absolute atomic E-state index is 0.00903. The molecule has 0 saturated heterocycles. The summed E-state index contributed by atoms with van der Waals surface area (Å²) in [5.74, 6) is 2.70. The minimum atomic E-state index is 0.00903. The SMILES string of the molecule is CCNC(C)C(c1nc(C(OCC)C2CC2)no1)C(C)C. The maximum absolute atomic E-state index is 5.81. The van der Waals surface area contributed by atoms with Crippen molar-refractivity contribution in [1.82, 2.24) is 15.5 Å². The van der Waals surface area contributed by atoms with Crippen LogP contribution in [-0.2, 0) is 4.74 Å². The Balaban J connectivity index is 2.15. The van der Waals surface area contributed by atoms with Crippen LogP contribution < -0.4 is 5.32 Å². The van der Waals surface area contributed by atoms with Gasteiger partial charge in [-0.2, -0.15) is 4.98 Å². The molecule has 21 heavy (non-hydrogen) atoms. The molecule has 1 N–H and O–H groups in total. The molecule has 0 amide bonds. The molecule has 3 atom stereocenters. The first-order valence-electron chi connectivity index (χ1n) is 8.26. The molecular formula is C16H29N3O2. The number of nitrogens with zero attached hydrogens (tertiary/aromatic N) is 2. The van der Waals surface area contributed by atoms with Gasteiger partial charge in [0, 0.05) is 12.6 Å². The predicted molar refractivity (Wildman–Crippen MR) is 82.1 cm³/mol. The number of nitrogens with one attached hydrogen (secondary N) is 1. The van der Waals surface area contributed by atoms with Crippen LogP contribution in [0.15, 0.2) is 4.52 Å². The Kier molecular flexibility index (Phi) is 5.76. The zero-order chi connectivity index (χ0) is 15.4. The highest BCUT2D eigenvalue weighted by atomic mass is 16.5. The third-order valence-electron chi connectivity index (χ3n) is 4.18. The lowest BCUT2D eigenvalue weighted by molar-refractivity contribution is 0.0384. The molecule has 0 bridgehead atoms. The van der Waals surface area contributed by atoms with E-state index in [-0.39, 0.29) is 12.0 Å². The fourth-order valence-corrected chi connectivity index (χ4v) is 3.02. The standard InChI is InChI=1S/C16H29N3O2/c1-6-17-11(5)13(10(3)4)16-18-15(19-21-16)14(20-7-2)12-8-9-12/h10-14,17H,6-9H2,1-5H3. The van der Waals surface area contributed by atoms with Crippen LogP contribution in [0, 0.1) is 11.8 Å². The largest absolute Gasteiger partial charge is 0.370 e. The Morgan fingerprint density at radius 1 is 1.29 bits per heavy atom. The highest BCUT2D eigenvalue weighted by molar-refractivity contribution is 5.04. The smallest absolute Gasteiger partial charge is 0.231 e. The normalized spacial score (nSPS) is 19.7. The van der Waals surface area contributed by atoms with E-state index in [0.29, 0.717) is 24.5 Å². The molecule has 1 aliphatic carbocycles. The molecule has 1 fully saturated rings. The van der Waals surface area contributed by atoms with Gasteiger partial charge in [0.15, 0.2) is 0 Å². The second-order valence-corrected chi connectivity index (χ2v) is 6.32.